The molecule has 1 amide bonds. The third-order valence-electron chi connectivity index (χ3n) is 12.1. The lowest BCUT2D eigenvalue weighted by Crippen LogP contribution is -2.57. The number of rotatable bonds is 7. The number of pyridine rings is 1. The van der Waals surface area contributed by atoms with E-state index in [0.29, 0.717) is 54.6 Å². The van der Waals surface area contributed by atoms with Gasteiger partial charge in [-0.1, -0.05) is 12.1 Å². The highest BCUT2D eigenvalue weighted by Gasteiger charge is 2.55. The number of nitrogens with zero attached hydrogens (tertiary/aromatic N) is 6. The van der Waals surface area contributed by atoms with Crippen molar-refractivity contribution in [2.75, 3.05) is 37.7 Å². The molecule has 0 spiro atoms. The zero-order valence-corrected chi connectivity index (χ0v) is 27.5. The van der Waals surface area contributed by atoms with Crippen LogP contribution in [0.4, 0.5) is 19.0 Å². The highest BCUT2D eigenvalue weighted by Crippen LogP contribution is 2.44. The summed E-state index contributed by atoms with van der Waals surface area (Å²) in [6, 6.07) is 7.34. The Kier molecular flexibility index (Phi) is 6.81. The maximum atomic E-state index is 16.9. The molecule has 2 N–H and O–H groups in total. The second kappa shape index (κ2) is 11.1. The summed E-state index contributed by atoms with van der Waals surface area (Å²) in [5.74, 6) is -0.262. The molecule has 4 aromatic rings. The van der Waals surface area contributed by atoms with Gasteiger partial charge in [-0.3, -0.25) is 20.0 Å². The molecule has 6 atom stereocenters. The lowest BCUT2D eigenvalue weighted by molar-refractivity contribution is -0.134. The van der Waals surface area contributed by atoms with Crippen molar-refractivity contribution in [2.24, 2.45) is 5.92 Å². The normalized spacial score (nSPS) is 30.4. The lowest BCUT2D eigenvalue weighted by atomic mass is 9.95. The number of piperazine rings is 1. The van der Waals surface area contributed by atoms with Crippen molar-refractivity contribution in [2.45, 2.75) is 80.8 Å². The van der Waals surface area contributed by atoms with Crippen molar-refractivity contribution in [3.8, 4) is 23.0 Å². The first-order valence-corrected chi connectivity index (χ1v) is 17.9. The molecule has 10 nitrogen and oxygen atoms in total. The number of aromatic hydroxyl groups is 1. The second-order valence-electron chi connectivity index (χ2n) is 15.3. The summed E-state index contributed by atoms with van der Waals surface area (Å²) in [6.45, 7) is 2.37. The number of ether oxygens (including phenoxy) is 1. The molecule has 2 aromatic heterocycles. The smallest absolute Gasteiger partial charge is 0.319 e. The predicted octanol–water partition coefficient (Wildman–Crippen LogP) is 4.71. The standard InChI is InChI=1S/C37H38F3N7O3/c38-21-13-37(9-2-10-46(37)15-21)18-50-36-43-32-26(14-41-31(29(32)40)25-12-24(48)11-20-3-1-4-27(39)28(20)25)34(44-36)45-16-22-7-8-23(17-45)47(22)35(49)33-30(42-33)19-5-6-19/h1,3-4,11-12,14,19,21-23,30,33,42,48H,2,5-10,13,15-18H2/t21-,22?,23?,30+,33+,37+/m1/s1. The van der Waals surface area contributed by atoms with Gasteiger partial charge in [0.25, 0.3) is 0 Å². The number of carbonyl (C=O) groups excluding carboxylic acids is 1. The van der Waals surface area contributed by atoms with E-state index in [2.05, 4.69) is 30.0 Å². The van der Waals surface area contributed by atoms with Crippen LogP contribution in [0.1, 0.15) is 44.9 Å². The van der Waals surface area contributed by atoms with E-state index in [9.17, 15) is 14.3 Å². The maximum Gasteiger partial charge on any atom is 0.319 e. The summed E-state index contributed by atoms with van der Waals surface area (Å²) < 4.78 is 52.9. The van der Waals surface area contributed by atoms with E-state index in [4.69, 9.17) is 9.72 Å². The summed E-state index contributed by atoms with van der Waals surface area (Å²) in [5.41, 5.74) is -0.561. The Bertz CT molecular complexity index is 2050. The Balaban J connectivity index is 1.04. The van der Waals surface area contributed by atoms with E-state index >= 15 is 8.78 Å². The molecule has 5 saturated heterocycles. The van der Waals surface area contributed by atoms with Crippen molar-refractivity contribution >= 4 is 33.4 Å². The number of anilines is 1. The van der Waals surface area contributed by atoms with Crippen LogP contribution in [-0.2, 0) is 4.79 Å². The molecule has 7 heterocycles. The molecule has 2 aromatic carbocycles. The quantitative estimate of drug-likeness (QED) is 0.267. The van der Waals surface area contributed by atoms with Crippen molar-refractivity contribution in [1.82, 2.24) is 30.1 Å². The van der Waals surface area contributed by atoms with Crippen LogP contribution in [0.5, 0.6) is 11.8 Å². The number of phenols is 1. The van der Waals surface area contributed by atoms with Gasteiger partial charge in [0.15, 0.2) is 5.82 Å². The zero-order valence-electron chi connectivity index (χ0n) is 27.5. The van der Waals surface area contributed by atoms with Crippen molar-refractivity contribution in [3.63, 3.8) is 0 Å². The van der Waals surface area contributed by atoms with Gasteiger partial charge in [0.2, 0.25) is 5.91 Å². The molecule has 1 aliphatic carbocycles. The van der Waals surface area contributed by atoms with Crippen molar-refractivity contribution < 1.29 is 27.8 Å². The number of aromatic nitrogens is 3. The van der Waals surface area contributed by atoms with Crippen LogP contribution in [0.25, 0.3) is 32.9 Å². The number of fused-ring (bicyclic) bond motifs is 5. The number of nitrogens with one attached hydrogen (secondary N) is 1. The summed E-state index contributed by atoms with van der Waals surface area (Å²) in [4.78, 5) is 33.8. The summed E-state index contributed by atoms with van der Waals surface area (Å²) in [5, 5.41) is 14.8. The van der Waals surface area contributed by atoms with Gasteiger partial charge in [-0.05, 0) is 74.6 Å². The minimum absolute atomic E-state index is 0.0116. The number of phenolic OH excluding ortho intramolecular Hbond substituents is 1. The minimum Gasteiger partial charge on any atom is -0.508 e. The molecule has 260 valence electrons. The third kappa shape index (κ3) is 4.83. The summed E-state index contributed by atoms with van der Waals surface area (Å²) in [6.07, 6.45) is 6.78. The van der Waals surface area contributed by atoms with Crippen LogP contribution in [-0.4, -0.2) is 104 Å². The van der Waals surface area contributed by atoms with Gasteiger partial charge in [0.1, 0.15) is 47.4 Å². The number of alkyl halides is 1. The first-order chi connectivity index (χ1) is 24.3. The van der Waals surface area contributed by atoms with Crippen molar-refractivity contribution in [1.29, 1.82) is 0 Å². The lowest BCUT2D eigenvalue weighted by Gasteiger charge is -2.42. The number of hydrogen-bond acceptors (Lipinski definition) is 9. The van der Waals surface area contributed by atoms with Crippen molar-refractivity contribution in [3.05, 3.63) is 48.2 Å². The van der Waals surface area contributed by atoms with E-state index < -0.39 is 23.3 Å². The van der Waals surface area contributed by atoms with E-state index in [0.717, 1.165) is 32.2 Å². The van der Waals surface area contributed by atoms with Gasteiger partial charge < -0.3 is 19.6 Å². The SMILES string of the molecule is O=C([C@H]1N[C@H]1C1CC1)N1C2CCC1CN(c1nc(OC[C@@]34CCCN3C[C@H](F)C4)nc3c(F)c(-c4cc(O)cc5cccc(F)c45)ncc13)C2. The Hall–Kier alpha value is -4.23. The van der Waals surface area contributed by atoms with Crippen LogP contribution in [0.3, 0.4) is 0 Å². The molecule has 0 radical (unpaired) electrons. The van der Waals surface area contributed by atoms with Crippen LogP contribution in [0.15, 0.2) is 36.5 Å². The number of amides is 1. The molecule has 6 fully saturated rings. The molecular weight excluding hydrogens is 647 g/mol. The molecule has 1 saturated carbocycles. The molecular formula is C37H38F3N7O3. The Morgan fingerprint density at radius 3 is 2.70 bits per heavy atom. The molecule has 50 heavy (non-hydrogen) atoms. The summed E-state index contributed by atoms with van der Waals surface area (Å²) in [7, 11) is 0. The number of benzene rings is 2. The number of halogens is 3. The fraction of sp³-hybridized carbons (Fsp3) is 0.514. The zero-order chi connectivity index (χ0) is 33.9. The molecule has 13 heteroatoms. The third-order valence-corrected chi connectivity index (χ3v) is 12.1. The first-order valence-electron chi connectivity index (χ1n) is 17.9. The second-order valence-corrected chi connectivity index (χ2v) is 15.3. The topological polar surface area (TPSA) is 117 Å². The van der Waals surface area contributed by atoms with E-state index in [1.165, 1.54) is 43.3 Å². The summed E-state index contributed by atoms with van der Waals surface area (Å²) >= 11 is 0. The molecule has 2 bridgehead atoms. The van der Waals surface area contributed by atoms with E-state index in [1.54, 1.807) is 6.07 Å². The van der Waals surface area contributed by atoms with Gasteiger partial charge in [-0.2, -0.15) is 9.97 Å². The van der Waals surface area contributed by atoms with Gasteiger partial charge >= 0.3 is 6.01 Å². The van der Waals surface area contributed by atoms with Gasteiger partial charge in [0.05, 0.1) is 10.9 Å². The average Bonchev–Trinajstić information content (AvgIpc) is 4.00. The highest BCUT2D eigenvalue weighted by atomic mass is 19.1. The molecule has 10 rings (SSSR count). The molecule has 5 aliphatic heterocycles. The minimum atomic E-state index is -0.935. The monoisotopic (exact) mass is 685 g/mol. The maximum absolute atomic E-state index is 16.9. The largest absolute Gasteiger partial charge is 0.508 e. The fourth-order valence-corrected chi connectivity index (χ4v) is 9.55. The highest BCUT2D eigenvalue weighted by molar-refractivity contribution is 6.00. The van der Waals surface area contributed by atoms with Crippen LogP contribution in [0.2, 0.25) is 0 Å². The first kappa shape index (κ1) is 30.6. The van der Waals surface area contributed by atoms with Crippen LogP contribution in [0, 0.1) is 17.6 Å². The Labute approximate surface area is 286 Å². The Morgan fingerprint density at radius 1 is 1.08 bits per heavy atom. The molecule has 6 aliphatic rings. The molecule has 2 unspecified atom stereocenters. The van der Waals surface area contributed by atoms with E-state index in [1.807, 2.05) is 0 Å². The fourth-order valence-electron chi connectivity index (χ4n) is 9.55. The van der Waals surface area contributed by atoms with Crippen LogP contribution >= 0.6 is 0 Å². The van der Waals surface area contributed by atoms with E-state index in [-0.39, 0.29) is 64.6 Å². The van der Waals surface area contributed by atoms with Gasteiger partial charge in [0, 0.05) is 61.3 Å². The number of carbonyl (C=O) groups is 1. The number of hydrogen-bond donors (Lipinski definition) is 2. The predicted molar refractivity (Wildman–Crippen MR) is 180 cm³/mol. The van der Waals surface area contributed by atoms with Gasteiger partial charge in [-0.15, -0.1) is 0 Å². The average molecular weight is 686 g/mol. The Morgan fingerprint density at radius 2 is 1.90 bits per heavy atom. The van der Waals surface area contributed by atoms with Crippen LogP contribution < -0.4 is 15.0 Å². The van der Waals surface area contributed by atoms with Gasteiger partial charge in [-0.25, -0.2) is 13.2 Å².